The second-order valence-electron chi connectivity index (χ2n) is 14.6. The van der Waals surface area contributed by atoms with E-state index < -0.39 is 0 Å². The van der Waals surface area contributed by atoms with Crippen molar-refractivity contribution in [1.29, 1.82) is 0 Å². The van der Waals surface area contributed by atoms with Crippen molar-refractivity contribution in [2.24, 2.45) is 0 Å². The highest BCUT2D eigenvalue weighted by Gasteiger charge is 2.25. The van der Waals surface area contributed by atoms with Crippen LogP contribution in [0.15, 0.2) is 219 Å². The molecule has 0 fully saturated rings. The minimum atomic E-state index is 0.738. The Morgan fingerprint density at radius 1 is 0.458 bits per heavy atom. The molecule has 0 unspecified atom stereocenters. The van der Waals surface area contributed by atoms with Crippen molar-refractivity contribution < 1.29 is 9.30 Å². The molecule has 0 aliphatic heterocycles. The van der Waals surface area contributed by atoms with Crippen LogP contribution in [0.1, 0.15) is 0 Å². The second kappa shape index (κ2) is 14.4. The van der Waals surface area contributed by atoms with Crippen molar-refractivity contribution >= 4 is 32.8 Å². The standard InChI is InChI=1S/C53H36N5O/c1-3-14-37(15-4-1)44-22-12-23-45(38-16-5-2-6-17-38)53(44)57-36-56(49-25-9-10-26-50(49)57)41-19-11-20-42(32-41)59-43-28-29-47-46-21-7-8-24-48(46)58(51(47)33-43)52-30-27-40(35-55-52)39-18-13-31-54-34-39/h1-36H/q+1. The fourth-order valence-electron chi connectivity index (χ4n) is 8.32. The van der Waals surface area contributed by atoms with Crippen LogP contribution >= 0.6 is 0 Å². The summed E-state index contributed by atoms with van der Waals surface area (Å²) in [5.41, 5.74) is 13.1. The Balaban J connectivity index is 1.00. The van der Waals surface area contributed by atoms with Crippen LogP contribution in [-0.4, -0.2) is 19.1 Å². The molecule has 0 amide bonds. The fraction of sp³-hybridized carbons (Fsp3) is 0. The van der Waals surface area contributed by atoms with E-state index in [1.165, 1.54) is 0 Å². The third-order valence-corrected chi connectivity index (χ3v) is 11.0. The quantitative estimate of drug-likeness (QED) is 0.145. The van der Waals surface area contributed by atoms with Gasteiger partial charge in [0.1, 0.15) is 28.7 Å². The fourth-order valence-corrected chi connectivity index (χ4v) is 8.32. The van der Waals surface area contributed by atoms with E-state index in [-0.39, 0.29) is 0 Å². The van der Waals surface area contributed by atoms with Crippen LogP contribution in [0.25, 0.3) is 83.4 Å². The van der Waals surface area contributed by atoms with Gasteiger partial charge in [-0.2, -0.15) is 9.13 Å². The molecule has 0 aliphatic rings. The molecule has 0 bridgehead atoms. The van der Waals surface area contributed by atoms with Crippen molar-refractivity contribution in [1.82, 2.24) is 19.1 Å². The van der Waals surface area contributed by atoms with E-state index in [1.54, 1.807) is 6.20 Å². The third kappa shape index (κ3) is 6.11. The number of hydrogen-bond donors (Lipinski definition) is 0. The summed E-state index contributed by atoms with van der Waals surface area (Å²) in [7, 11) is 0. The Kier molecular flexibility index (Phi) is 8.37. The normalized spacial score (nSPS) is 11.4. The van der Waals surface area contributed by atoms with Gasteiger partial charge in [-0.1, -0.05) is 121 Å². The van der Waals surface area contributed by atoms with E-state index in [4.69, 9.17) is 9.72 Å². The van der Waals surface area contributed by atoms with Gasteiger partial charge in [0.15, 0.2) is 11.0 Å². The first kappa shape index (κ1) is 34.2. The molecule has 11 aromatic rings. The van der Waals surface area contributed by atoms with Crippen molar-refractivity contribution in [3.05, 3.63) is 219 Å². The largest absolute Gasteiger partial charge is 0.457 e. The van der Waals surface area contributed by atoms with Crippen LogP contribution in [0, 0.1) is 0 Å². The van der Waals surface area contributed by atoms with Gasteiger partial charge >= 0.3 is 0 Å². The summed E-state index contributed by atoms with van der Waals surface area (Å²) in [6, 6.07) is 67.7. The lowest BCUT2D eigenvalue weighted by Crippen LogP contribution is -2.30. The molecule has 0 radical (unpaired) electrons. The predicted molar refractivity (Wildman–Crippen MR) is 238 cm³/mol. The predicted octanol–water partition coefficient (Wildman–Crippen LogP) is 12.6. The van der Waals surface area contributed by atoms with E-state index in [9.17, 15) is 0 Å². The number of para-hydroxylation sites is 4. The zero-order valence-corrected chi connectivity index (χ0v) is 31.9. The highest BCUT2D eigenvalue weighted by molar-refractivity contribution is 6.09. The number of imidazole rings is 1. The second-order valence-corrected chi connectivity index (χ2v) is 14.6. The van der Waals surface area contributed by atoms with Gasteiger partial charge in [0.25, 0.3) is 6.33 Å². The lowest BCUT2D eigenvalue weighted by molar-refractivity contribution is -0.566. The number of fused-ring (bicyclic) bond motifs is 4. The average molecular weight is 759 g/mol. The molecule has 4 aromatic heterocycles. The first-order chi connectivity index (χ1) is 29.3. The van der Waals surface area contributed by atoms with Crippen LogP contribution in [0.5, 0.6) is 11.5 Å². The molecular formula is C53H36N5O+. The van der Waals surface area contributed by atoms with Crippen LogP contribution in [0.3, 0.4) is 0 Å². The van der Waals surface area contributed by atoms with Gasteiger partial charge in [-0.15, -0.1) is 0 Å². The molecule has 4 heterocycles. The Labute approximate surface area is 341 Å². The summed E-state index contributed by atoms with van der Waals surface area (Å²) in [6.45, 7) is 0. The summed E-state index contributed by atoms with van der Waals surface area (Å²) < 4.78 is 13.5. The summed E-state index contributed by atoms with van der Waals surface area (Å²) in [5.74, 6) is 2.31. The van der Waals surface area contributed by atoms with E-state index in [0.717, 1.165) is 94.9 Å². The van der Waals surface area contributed by atoms with Gasteiger partial charge in [0.05, 0.1) is 11.0 Å². The first-order valence-electron chi connectivity index (χ1n) is 19.7. The number of benzene rings is 7. The summed E-state index contributed by atoms with van der Waals surface area (Å²) >= 11 is 0. The number of rotatable bonds is 8. The number of ether oxygens (including phenoxy) is 1. The maximum Gasteiger partial charge on any atom is 0.255 e. The summed E-state index contributed by atoms with van der Waals surface area (Å²) in [5, 5.41) is 2.29. The molecule has 0 spiro atoms. The lowest BCUT2D eigenvalue weighted by atomic mass is 9.95. The number of nitrogens with zero attached hydrogens (tertiary/aromatic N) is 5. The third-order valence-electron chi connectivity index (χ3n) is 11.0. The van der Waals surface area contributed by atoms with Crippen molar-refractivity contribution in [3.63, 3.8) is 0 Å². The Morgan fingerprint density at radius 3 is 1.86 bits per heavy atom. The van der Waals surface area contributed by atoms with Crippen LogP contribution in [-0.2, 0) is 0 Å². The lowest BCUT2D eigenvalue weighted by Gasteiger charge is -2.13. The molecule has 6 nitrogen and oxygen atoms in total. The topological polar surface area (TPSA) is 48.8 Å². The molecule has 59 heavy (non-hydrogen) atoms. The SMILES string of the molecule is c1ccc(-c2cccc(-c3ccccc3)c2-[n+]2cn(-c3cccc(Oc4ccc5c6ccccc6n(-c6ccc(-c7cccnc7)cn6)c5c4)c3)c3ccccc32)cc1. The molecule has 7 aromatic carbocycles. The van der Waals surface area contributed by atoms with E-state index in [2.05, 4.69) is 201 Å². The Hall–Kier alpha value is -8.09. The first-order valence-corrected chi connectivity index (χ1v) is 19.7. The Bertz CT molecular complexity index is 3220. The van der Waals surface area contributed by atoms with Gasteiger partial charge in [-0.25, -0.2) is 4.98 Å². The summed E-state index contributed by atoms with van der Waals surface area (Å²) in [4.78, 5) is 9.23. The average Bonchev–Trinajstić information content (AvgIpc) is 3.86. The van der Waals surface area contributed by atoms with Crippen LogP contribution in [0.4, 0.5) is 0 Å². The molecular weight excluding hydrogens is 723 g/mol. The maximum absolute atomic E-state index is 6.71. The molecule has 0 saturated carbocycles. The Morgan fingerprint density at radius 2 is 1.12 bits per heavy atom. The molecule has 6 heteroatoms. The number of aromatic nitrogens is 5. The molecule has 0 aliphatic carbocycles. The van der Waals surface area contributed by atoms with Crippen molar-refractivity contribution in [3.8, 4) is 62.1 Å². The number of hydrogen-bond acceptors (Lipinski definition) is 3. The van der Waals surface area contributed by atoms with Crippen molar-refractivity contribution in [2.75, 3.05) is 0 Å². The van der Waals surface area contributed by atoms with Gasteiger partial charge < -0.3 is 4.74 Å². The van der Waals surface area contributed by atoms with Gasteiger partial charge in [0, 0.05) is 63.7 Å². The molecule has 0 saturated heterocycles. The maximum atomic E-state index is 6.71. The molecule has 0 atom stereocenters. The zero-order chi connectivity index (χ0) is 39.1. The van der Waals surface area contributed by atoms with Gasteiger partial charge in [0.2, 0.25) is 0 Å². The number of pyridine rings is 2. The van der Waals surface area contributed by atoms with E-state index >= 15 is 0 Å². The smallest absolute Gasteiger partial charge is 0.255 e. The summed E-state index contributed by atoms with van der Waals surface area (Å²) in [6.07, 6.45) is 7.76. The highest BCUT2D eigenvalue weighted by Crippen LogP contribution is 2.37. The minimum absolute atomic E-state index is 0.738. The van der Waals surface area contributed by atoms with Gasteiger partial charge in [-0.05, 0) is 71.8 Å². The zero-order valence-electron chi connectivity index (χ0n) is 31.9. The van der Waals surface area contributed by atoms with Crippen molar-refractivity contribution in [2.45, 2.75) is 0 Å². The highest BCUT2D eigenvalue weighted by atomic mass is 16.5. The van der Waals surface area contributed by atoms with E-state index in [0.29, 0.717) is 0 Å². The van der Waals surface area contributed by atoms with Crippen LogP contribution in [0.2, 0.25) is 0 Å². The van der Waals surface area contributed by atoms with Gasteiger partial charge in [-0.3, -0.25) is 9.55 Å². The minimum Gasteiger partial charge on any atom is -0.457 e. The molecule has 0 N–H and O–H groups in total. The van der Waals surface area contributed by atoms with E-state index in [1.807, 2.05) is 30.6 Å². The monoisotopic (exact) mass is 758 g/mol. The molecule has 11 rings (SSSR count). The van der Waals surface area contributed by atoms with Crippen LogP contribution < -0.4 is 9.30 Å². The molecule has 278 valence electrons.